The van der Waals surface area contributed by atoms with E-state index in [2.05, 4.69) is 13.5 Å². The van der Waals surface area contributed by atoms with Gasteiger partial charge in [-0.3, -0.25) is 4.79 Å². The number of benzene rings is 2. The van der Waals surface area contributed by atoms with Crippen LogP contribution in [0.5, 0.6) is 11.5 Å². The number of unbranched alkanes of at least 4 members (excludes halogenated alkanes) is 1. The number of nitrogens with zero attached hydrogens (tertiary/aromatic N) is 1. The molecule has 0 spiro atoms. The number of hydrogen-bond acceptors (Lipinski definition) is 6. The fourth-order valence-electron chi connectivity index (χ4n) is 4.97. The number of aliphatic hydroxyl groups excluding tert-OH is 1. The summed E-state index contributed by atoms with van der Waals surface area (Å²) in [5.41, 5.74) is 2.41. The molecule has 4 atom stereocenters. The second-order valence-electron chi connectivity index (χ2n) is 9.56. The summed E-state index contributed by atoms with van der Waals surface area (Å²) in [5.74, 6) is -0.0264. The van der Waals surface area contributed by atoms with E-state index in [1.54, 1.807) is 33.3 Å². The van der Waals surface area contributed by atoms with Gasteiger partial charge in [-0.05, 0) is 48.4 Å². The highest BCUT2D eigenvalue weighted by atomic mass is 16.6. The standard InChI is InChI=1S/C30H39NO6/c1-6-8-15-22(12-7-2)27-25(35-4)17-23(18-26(27)36-5)28(32)20(3)29(33)31-24(19-37-30(31)34)16-21-13-10-9-11-14-21/h7,9-11,13-14,17-18,20,22,24,28,32H,2,6,8,12,15-16,19H2,1,3-5H3/t20-,22-,24-,28-/m0/s1. The lowest BCUT2D eigenvalue weighted by atomic mass is 9.86. The van der Waals surface area contributed by atoms with E-state index in [0.717, 1.165) is 41.7 Å². The highest BCUT2D eigenvalue weighted by Gasteiger charge is 2.41. The third-order valence-corrected chi connectivity index (χ3v) is 7.05. The maximum Gasteiger partial charge on any atom is 0.416 e. The number of hydrogen-bond donors (Lipinski definition) is 1. The average molecular weight is 510 g/mol. The van der Waals surface area contributed by atoms with Crippen LogP contribution < -0.4 is 9.47 Å². The van der Waals surface area contributed by atoms with Crippen LogP contribution in [0.1, 0.15) is 68.2 Å². The molecule has 0 radical (unpaired) electrons. The van der Waals surface area contributed by atoms with Crippen molar-refractivity contribution >= 4 is 12.0 Å². The Labute approximate surface area is 220 Å². The van der Waals surface area contributed by atoms with Gasteiger partial charge >= 0.3 is 6.09 Å². The minimum Gasteiger partial charge on any atom is -0.496 e. The summed E-state index contributed by atoms with van der Waals surface area (Å²) in [4.78, 5) is 27.1. The highest BCUT2D eigenvalue weighted by Crippen LogP contribution is 2.43. The van der Waals surface area contributed by atoms with Crippen LogP contribution in [0.2, 0.25) is 0 Å². The molecule has 1 aliphatic heterocycles. The van der Waals surface area contributed by atoms with Crippen molar-refractivity contribution in [1.29, 1.82) is 0 Å². The Morgan fingerprint density at radius 3 is 2.43 bits per heavy atom. The second kappa shape index (κ2) is 13.3. The van der Waals surface area contributed by atoms with E-state index >= 15 is 0 Å². The van der Waals surface area contributed by atoms with Crippen molar-refractivity contribution in [1.82, 2.24) is 4.90 Å². The van der Waals surface area contributed by atoms with Gasteiger partial charge in [0.25, 0.3) is 0 Å². The zero-order chi connectivity index (χ0) is 26.9. The molecule has 0 saturated carbocycles. The first-order chi connectivity index (χ1) is 17.9. The first-order valence-corrected chi connectivity index (χ1v) is 12.9. The van der Waals surface area contributed by atoms with Gasteiger partial charge in [0.1, 0.15) is 18.1 Å². The fourth-order valence-corrected chi connectivity index (χ4v) is 4.97. The van der Waals surface area contributed by atoms with Crippen LogP contribution in [0.15, 0.2) is 55.1 Å². The predicted octanol–water partition coefficient (Wildman–Crippen LogP) is 5.81. The Morgan fingerprint density at radius 1 is 1.22 bits per heavy atom. The van der Waals surface area contributed by atoms with E-state index in [1.165, 1.54) is 0 Å². The Hall–Kier alpha value is -3.32. The molecule has 7 nitrogen and oxygen atoms in total. The average Bonchev–Trinajstić information content (AvgIpc) is 3.28. The van der Waals surface area contributed by atoms with Crippen molar-refractivity contribution in [2.75, 3.05) is 20.8 Å². The SMILES string of the molecule is C=CC[C@@H](CCCC)c1c(OC)cc([C@@H](O)[C@H](C)C(=O)N2C(=O)OC[C@@H]2Cc2ccccc2)cc1OC. The van der Waals surface area contributed by atoms with E-state index in [0.29, 0.717) is 23.5 Å². The number of rotatable bonds is 13. The van der Waals surface area contributed by atoms with Crippen LogP contribution in [-0.4, -0.2) is 48.9 Å². The summed E-state index contributed by atoms with van der Waals surface area (Å²) in [6.45, 7) is 7.80. The maximum absolute atomic E-state index is 13.5. The number of aliphatic hydroxyl groups is 1. The number of carbonyl (C=O) groups is 2. The number of cyclic esters (lactones) is 1. The van der Waals surface area contributed by atoms with Gasteiger partial charge in [-0.2, -0.15) is 0 Å². The molecule has 1 N–H and O–H groups in total. The third-order valence-electron chi connectivity index (χ3n) is 7.05. The number of carbonyl (C=O) groups excluding carboxylic acids is 2. The van der Waals surface area contributed by atoms with Crippen molar-refractivity contribution in [3.05, 3.63) is 71.8 Å². The van der Waals surface area contributed by atoms with Crippen molar-refractivity contribution in [2.45, 2.75) is 64.0 Å². The van der Waals surface area contributed by atoms with Gasteiger partial charge in [0.05, 0.1) is 32.3 Å². The molecule has 200 valence electrons. The molecule has 37 heavy (non-hydrogen) atoms. The Kier molecular flexibility index (Phi) is 10.1. The summed E-state index contributed by atoms with van der Waals surface area (Å²) in [6, 6.07) is 12.7. The van der Waals surface area contributed by atoms with Crippen molar-refractivity contribution in [2.24, 2.45) is 5.92 Å². The molecule has 0 bridgehead atoms. The van der Waals surface area contributed by atoms with Gasteiger partial charge in [-0.1, -0.05) is 63.1 Å². The lowest BCUT2D eigenvalue weighted by Crippen LogP contribution is -2.44. The third kappa shape index (κ3) is 6.52. The number of methoxy groups -OCH3 is 2. The van der Waals surface area contributed by atoms with Crippen LogP contribution in [0.4, 0.5) is 4.79 Å². The van der Waals surface area contributed by atoms with E-state index in [1.807, 2.05) is 36.4 Å². The lowest BCUT2D eigenvalue weighted by Gasteiger charge is -2.27. The first-order valence-electron chi connectivity index (χ1n) is 12.9. The van der Waals surface area contributed by atoms with Gasteiger partial charge in [0.2, 0.25) is 5.91 Å². The molecule has 3 rings (SSSR count). The largest absolute Gasteiger partial charge is 0.496 e. The topological polar surface area (TPSA) is 85.3 Å². The van der Waals surface area contributed by atoms with Crippen LogP contribution >= 0.6 is 0 Å². The minimum atomic E-state index is -1.18. The second-order valence-corrected chi connectivity index (χ2v) is 9.56. The van der Waals surface area contributed by atoms with Gasteiger partial charge in [0, 0.05) is 5.56 Å². The molecule has 2 aromatic carbocycles. The summed E-state index contributed by atoms with van der Waals surface area (Å²) in [5, 5.41) is 11.3. The smallest absolute Gasteiger partial charge is 0.416 e. The molecule has 1 aliphatic rings. The lowest BCUT2D eigenvalue weighted by molar-refractivity contribution is -0.136. The van der Waals surface area contributed by atoms with E-state index < -0.39 is 30.1 Å². The van der Waals surface area contributed by atoms with Crippen molar-refractivity contribution in [3.63, 3.8) is 0 Å². The molecule has 0 unspecified atom stereocenters. The molecule has 2 amide bonds. The van der Waals surface area contributed by atoms with Gasteiger partial charge in [-0.15, -0.1) is 6.58 Å². The van der Waals surface area contributed by atoms with Crippen LogP contribution in [0.3, 0.4) is 0 Å². The normalized spacial score (nSPS) is 17.6. The van der Waals surface area contributed by atoms with E-state index in [-0.39, 0.29) is 12.5 Å². The molecule has 7 heteroatoms. The van der Waals surface area contributed by atoms with Gasteiger partial charge in [0.15, 0.2) is 0 Å². The zero-order valence-electron chi connectivity index (χ0n) is 22.3. The molecule has 2 aromatic rings. The van der Waals surface area contributed by atoms with Gasteiger partial charge < -0.3 is 19.3 Å². The number of amides is 2. The van der Waals surface area contributed by atoms with Crippen LogP contribution in [-0.2, 0) is 16.0 Å². The van der Waals surface area contributed by atoms with Gasteiger partial charge in [-0.25, -0.2) is 9.69 Å². The Morgan fingerprint density at radius 2 is 1.86 bits per heavy atom. The molecule has 1 heterocycles. The van der Waals surface area contributed by atoms with E-state index in [4.69, 9.17) is 14.2 Å². The molecule has 1 fully saturated rings. The monoisotopic (exact) mass is 509 g/mol. The Bertz CT molecular complexity index is 1040. The van der Waals surface area contributed by atoms with Crippen LogP contribution in [0.25, 0.3) is 0 Å². The first kappa shape index (κ1) is 28.3. The summed E-state index contributed by atoms with van der Waals surface area (Å²) < 4.78 is 16.7. The summed E-state index contributed by atoms with van der Waals surface area (Å²) >= 11 is 0. The predicted molar refractivity (Wildman–Crippen MR) is 143 cm³/mol. The molecule has 1 saturated heterocycles. The van der Waals surface area contributed by atoms with E-state index in [9.17, 15) is 14.7 Å². The summed E-state index contributed by atoms with van der Waals surface area (Å²) in [6.07, 6.45) is 4.36. The quantitative estimate of drug-likeness (QED) is 0.343. The Balaban J connectivity index is 1.87. The van der Waals surface area contributed by atoms with Crippen molar-refractivity contribution < 1.29 is 28.9 Å². The molecular formula is C30H39NO6. The summed E-state index contributed by atoms with van der Waals surface area (Å²) in [7, 11) is 3.17. The highest BCUT2D eigenvalue weighted by molar-refractivity contribution is 5.95. The molecule has 0 aliphatic carbocycles. The molecular weight excluding hydrogens is 470 g/mol. The van der Waals surface area contributed by atoms with Crippen LogP contribution in [0, 0.1) is 5.92 Å². The fraction of sp³-hybridized carbons (Fsp3) is 0.467. The number of ether oxygens (including phenoxy) is 3. The number of imide groups is 1. The molecule has 0 aromatic heterocycles. The maximum atomic E-state index is 13.5. The zero-order valence-corrected chi connectivity index (χ0v) is 22.3. The number of allylic oxidation sites excluding steroid dienone is 1. The minimum absolute atomic E-state index is 0.126. The van der Waals surface area contributed by atoms with Crippen molar-refractivity contribution in [3.8, 4) is 11.5 Å².